The summed E-state index contributed by atoms with van der Waals surface area (Å²) in [5, 5.41) is 11.7. The number of alkyl halides is 3. The van der Waals surface area contributed by atoms with Crippen LogP contribution in [0.2, 0.25) is 0 Å². The van der Waals surface area contributed by atoms with Gasteiger partial charge in [-0.15, -0.1) is 0 Å². The molecule has 92 valence electrons. The van der Waals surface area contributed by atoms with Crippen molar-refractivity contribution in [3.8, 4) is 6.07 Å². The summed E-state index contributed by atoms with van der Waals surface area (Å²) in [6, 6.07) is 6.70. The Morgan fingerprint density at radius 3 is 2.72 bits per heavy atom. The highest BCUT2D eigenvalue weighted by Gasteiger charge is 2.30. The summed E-state index contributed by atoms with van der Waals surface area (Å²) in [4.78, 5) is 4.27. The maximum atomic E-state index is 12.5. The maximum Gasteiger partial charge on any atom is 0.416 e. The SMILES string of the molecule is N#Cc1cnc(Nc2cccc(C(F)(F)F)c2)s1. The minimum absolute atomic E-state index is 0.281. The standard InChI is InChI=1S/C11H6F3N3S/c12-11(13,14)7-2-1-3-8(4-7)17-10-16-6-9(5-15)18-10/h1-4,6H,(H,16,17). The number of nitrogens with zero attached hydrogens (tertiary/aromatic N) is 2. The first-order chi connectivity index (χ1) is 8.49. The first-order valence-corrected chi connectivity index (χ1v) is 5.61. The molecule has 0 bridgehead atoms. The minimum atomic E-state index is -4.38. The second-order valence-corrected chi connectivity index (χ2v) is 4.38. The molecule has 0 spiro atoms. The molecule has 7 heteroatoms. The Morgan fingerprint density at radius 1 is 1.33 bits per heavy atom. The van der Waals surface area contributed by atoms with Crippen LogP contribution in [0.25, 0.3) is 0 Å². The summed E-state index contributed by atoms with van der Waals surface area (Å²) in [5.74, 6) is 0. The highest BCUT2D eigenvalue weighted by atomic mass is 32.1. The molecule has 3 nitrogen and oxygen atoms in total. The number of hydrogen-bond donors (Lipinski definition) is 1. The fraction of sp³-hybridized carbons (Fsp3) is 0.0909. The fourth-order valence-electron chi connectivity index (χ4n) is 1.28. The number of thiazole rings is 1. The molecule has 0 aliphatic heterocycles. The van der Waals surface area contributed by atoms with Crippen molar-refractivity contribution in [1.29, 1.82) is 5.26 Å². The average Bonchev–Trinajstić information content (AvgIpc) is 2.76. The van der Waals surface area contributed by atoms with Crippen LogP contribution in [-0.4, -0.2) is 4.98 Å². The Balaban J connectivity index is 2.22. The third-order valence-electron chi connectivity index (χ3n) is 2.06. The Hall–Kier alpha value is -2.07. The van der Waals surface area contributed by atoms with E-state index in [1.54, 1.807) is 0 Å². The van der Waals surface area contributed by atoms with Crippen molar-refractivity contribution >= 4 is 22.2 Å². The number of rotatable bonds is 2. The molecule has 1 N–H and O–H groups in total. The first kappa shape index (κ1) is 12.4. The minimum Gasteiger partial charge on any atom is -0.332 e. The topological polar surface area (TPSA) is 48.7 Å². The van der Waals surface area contributed by atoms with Gasteiger partial charge in [0.1, 0.15) is 10.9 Å². The molecular weight excluding hydrogens is 263 g/mol. The average molecular weight is 269 g/mol. The molecule has 0 aliphatic carbocycles. The molecule has 2 aromatic rings. The lowest BCUT2D eigenvalue weighted by Crippen LogP contribution is -2.05. The number of nitrogens with one attached hydrogen (secondary N) is 1. The van der Waals surface area contributed by atoms with Gasteiger partial charge in [0.05, 0.1) is 11.8 Å². The highest BCUT2D eigenvalue weighted by molar-refractivity contribution is 7.16. The molecule has 0 saturated heterocycles. The summed E-state index contributed by atoms with van der Waals surface area (Å²) in [7, 11) is 0. The van der Waals surface area contributed by atoms with Gasteiger partial charge in [0.2, 0.25) is 0 Å². The Labute approximate surface area is 105 Å². The number of benzene rings is 1. The molecule has 0 fully saturated rings. The van der Waals surface area contributed by atoms with Crippen LogP contribution in [0.4, 0.5) is 24.0 Å². The van der Waals surface area contributed by atoms with Crippen LogP contribution in [0.5, 0.6) is 0 Å². The van der Waals surface area contributed by atoms with Crippen LogP contribution in [0.3, 0.4) is 0 Å². The molecule has 0 saturated carbocycles. The largest absolute Gasteiger partial charge is 0.416 e. The van der Waals surface area contributed by atoms with Crippen molar-refractivity contribution < 1.29 is 13.2 Å². The Bertz CT molecular complexity index is 598. The summed E-state index contributed by atoms with van der Waals surface area (Å²) in [5.41, 5.74) is -0.451. The predicted molar refractivity (Wildman–Crippen MR) is 61.6 cm³/mol. The van der Waals surface area contributed by atoms with Crippen molar-refractivity contribution in [1.82, 2.24) is 4.98 Å². The van der Waals surface area contributed by atoms with E-state index in [4.69, 9.17) is 5.26 Å². The lowest BCUT2D eigenvalue weighted by atomic mass is 10.2. The van der Waals surface area contributed by atoms with Gasteiger partial charge in [0, 0.05) is 5.69 Å². The van der Waals surface area contributed by atoms with E-state index in [1.165, 1.54) is 18.3 Å². The summed E-state index contributed by atoms with van der Waals surface area (Å²) >= 11 is 1.08. The maximum absolute atomic E-state index is 12.5. The third kappa shape index (κ3) is 2.78. The van der Waals surface area contributed by atoms with Crippen LogP contribution in [-0.2, 0) is 6.18 Å². The predicted octanol–water partition coefficient (Wildman–Crippen LogP) is 3.78. The van der Waals surface area contributed by atoms with E-state index in [0.717, 1.165) is 23.5 Å². The van der Waals surface area contributed by atoms with Crippen molar-refractivity contribution in [2.45, 2.75) is 6.18 Å². The molecule has 0 radical (unpaired) electrons. The van der Waals surface area contributed by atoms with Crippen LogP contribution in [0, 0.1) is 11.3 Å². The summed E-state index contributed by atoms with van der Waals surface area (Å²) in [6.07, 6.45) is -3.01. The lowest BCUT2D eigenvalue weighted by molar-refractivity contribution is -0.137. The molecule has 0 aliphatic rings. The van der Waals surface area contributed by atoms with Gasteiger partial charge in [-0.2, -0.15) is 18.4 Å². The van der Waals surface area contributed by atoms with Crippen LogP contribution < -0.4 is 5.32 Å². The van der Waals surface area contributed by atoms with E-state index in [2.05, 4.69) is 10.3 Å². The van der Waals surface area contributed by atoms with Crippen molar-refractivity contribution in [2.75, 3.05) is 5.32 Å². The van der Waals surface area contributed by atoms with Crippen LogP contribution in [0.15, 0.2) is 30.5 Å². The van der Waals surface area contributed by atoms with Gasteiger partial charge in [-0.25, -0.2) is 4.98 Å². The Morgan fingerprint density at radius 2 is 2.11 bits per heavy atom. The van der Waals surface area contributed by atoms with Gasteiger partial charge in [0.15, 0.2) is 5.13 Å². The van der Waals surface area contributed by atoms with Gasteiger partial charge in [-0.1, -0.05) is 17.4 Å². The van der Waals surface area contributed by atoms with E-state index < -0.39 is 11.7 Å². The molecule has 0 atom stereocenters. The second kappa shape index (κ2) is 4.66. The number of anilines is 2. The van der Waals surface area contributed by atoms with E-state index in [0.29, 0.717) is 10.0 Å². The van der Waals surface area contributed by atoms with Crippen molar-refractivity contribution in [3.05, 3.63) is 40.9 Å². The number of aromatic nitrogens is 1. The lowest BCUT2D eigenvalue weighted by Gasteiger charge is -2.08. The van der Waals surface area contributed by atoms with Crippen LogP contribution in [0.1, 0.15) is 10.4 Å². The van der Waals surface area contributed by atoms with Crippen LogP contribution >= 0.6 is 11.3 Å². The Kier molecular flexibility index (Phi) is 3.21. The van der Waals surface area contributed by atoms with E-state index >= 15 is 0 Å². The van der Waals surface area contributed by atoms with Gasteiger partial charge < -0.3 is 5.32 Å². The molecule has 1 aromatic heterocycles. The summed E-state index contributed by atoms with van der Waals surface area (Å²) in [6.45, 7) is 0. The quantitative estimate of drug-likeness (QED) is 0.902. The third-order valence-corrected chi connectivity index (χ3v) is 2.87. The van der Waals surface area contributed by atoms with E-state index in [-0.39, 0.29) is 5.69 Å². The number of halogens is 3. The molecule has 1 aromatic carbocycles. The fourth-order valence-corrected chi connectivity index (χ4v) is 1.91. The van der Waals surface area contributed by atoms with Gasteiger partial charge in [0.25, 0.3) is 0 Å². The van der Waals surface area contributed by atoms with Gasteiger partial charge >= 0.3 is 6.18 Å². The summed E-state index contributed by atoms with van der Waals surface area (Å²) < 4.78 is 37.4. The molecule has 0 amide bonds. The van der Waals surface area contributed by atoms with E-state index in [1.807, 2.05) is 6.07 Å². The highest BCUT2D eigenvalue weighted by Crippen LogP contribution is 2.31. The molecule has 1 heterocycles. The molecular formula is C11H6F3N3S. The molecule has 2 rings (SSSR count). The zero-order valence-corrected chi connectivity index (χ0v) is 9.64. The molecule has 0 unspecified atom stereocenters. The van der Waals surface area contributed by atoms with Gasteiger partial charge in [-0.05, 0) is 18.2 Å². The zero-order valence-electron chi connectivity index (χ0n) is 8.82. The zero-order chi connectivity index (χ0) is 13.2. The van der Waals surface area contributed by atoms with Crippen molar-refractivity contribution in [3.63, 3.8) is 0 Å². The second-order valence-electron chi connectivity index (χ2n) is 3.35. The smallest absolute Gasteiger partial charge is 0.332 e. The first-order valence-electron chi connectivity index (χ1n) is 4.79. The number of nitriles is 1. The number of hydrogen-bond acceptors (Lipinski definition) is 4. The van der Waals surface area contributed by atoms with Crippen molar-refractivity contribution in [2.24, 2.45) is 0 Å². The van der Waals surface area contributed by atoms with E-state index in [9.17, 15) is 13.2 Å². The normalized spacial score (nSPS) is 11.0. The molecule has 18 heavy (non-hydrogen) atoms. The van der Waals surface area contributed by atoms with Gasteiger partial charge in [-0.3, -0.25) is 0 Å². The monoisotopic (exact) mass is 269 g/mol.